The second kappa shape index (κ2) is 6.21. The van der Waals surface area contributed by atoms with Crippen molar-refractivity contribution >= 4 is 43.8 Å². The Kier molecular flexibility index (Phi) is 3.69. The number of hydrogen-bond donors (Lipinski definition) is 1. The second-order valence-corrected chi connectivity index (χ2v) is 7.67. The van der Waals surface area contributed by atoms with Crippen molar-refractivity contribution in [2.75, 3.05) is 5.32 Å². The molecule has 0 spiro atoms. The quantitative estimate of drug-likeness (QED) is 0.395. The van der Waals surface area contributed by atoms with E-state index < -0.39 is 0 Å². The number of oxazole rings is 1. The molecule has 132 valence electrons. The van der Waals surface area contributed by atoms with Crippen LogP contribution >= 0.6 is 11.3 Å². The Hall–Kier alpha value is -3.18. The van der Waals surface area contributed by atoms with Crippen molar-refractivity contribution in [1.82, 2.24) is 9.97 Å². The van der Waals surface area contributed by atoms with Crippen molar-refractivity contribution in [2.45, 2.75) is 13.8 Å². The summed E-state index contributed by atoms with van der Waals surface area (Å²) in [6.45, 7) is 4.19. The Bertz CT molecular complexity index is 1270. The van der Waals surface area contributed by atoms with Crippen molar-refractivity contribution in [3.8, 4) is 11.1 Å². The fourth-order valence-corrected chi connectivity index (χ4v) is 4.34. The van der Waals surface area contributed by atoms with Crippen LogP contribution in [0.25, 0.3) is 32.4 Å². The fraction of sp³-hybridized carbons (Fsp3) is 0.0909. The van der Waals surface area contributed by atoms with E-state index in [0.29, 0.717) is 6.01 Å². The summed E-state index contributed by atoms with van der Waals surface area (Å²) in [5.41, 5.74) is 7.31. The summed E-state index contributed by atoms with van der Waals surface area (Å²) >= 11 is 1.61. The van der Waals surface area contributed by atoms with E-state index >= 15 is 0 Å². The minimum atomic E-state index is 0.462. The first-order valence-corrected chi connectivity index (χ1v) is 9.58. The predicted molar refractivity (Wildman–Crippen MR) is 112 cm³/mol. The van der Waals surface area contributed by atoms with Gasteiger partial charge in [0.2, 0.25) is 0 Å². The highest BCUT2D eigenvalue weighted by atomic mass is 32.1. The summed E-state index contributed by atoms with van der Waals surface area (Å²) in [7, 11) is 0. The molecule has 0 fully saturated rings. The molecular formula is C22H17N3OS. The number of hydrogen-bond acceptors (Lipinski definition) is 5. The lowest BCUT2D eigenvalue weighted by Crippen LogP contribution is -1.88. The zero-order valence-corrected chi connectivity index (χ0v) is 15.8. The van der Waals surface area contributed by atoms with Crippen LogP contribution in [0.1, 0.15) is 11.1 Å². The van der Waals surface area contributed by atoms with Crippen LogP contribution in [0.15, 0.2) is 65.1 Å². The first kappa shape index (κ1) is 16.0. The highest BCUT2D eigenvalue weighted by Crippen LogP contribution is 2.32. The van der Waals surface area contributed by atoms with Crippen molar-refractivity contribution in [2.24, 2.45) is 0 Å². The molecule has 0 saturated heterocycles. The number of fused-ring (bicyclic) bond motifs is 2. The van der Waals surface area contributed by atoms with Crippen LogP contribution in [-0.4, -0.2) is 9.97 Å². The normalized spacial score (nSPS) is 11.3. The van der Waals surface area contributed by atoms with Gasteiger partial charge in [-0.25, -0.2) is 4.98 Å². The van der Waals surface area contributed by atoms with Crippen LogP contribution in [0, 0.1) is 13.8 Å². The summed E-state index contributed by atoms with van der Waals surface area (Å²) in [5, 5.41) is 4.00. The molecule has 3 aromatic carbocycles. The highest BCUT2D eigenvalue weighted by molar-refractivity contribution is 7.22. The highest BCUT2D eigenvalue weighted by Gasteiger charge is 2.11. The van der Waals surface area contributed by atoms with Gasteiger partial charge >= 0.3 is 6.01 Å². The van der Waals surface area contributed by atoms with Crippen LogP contribution in [-0.2, 0) is 0 Å². The molecule has 2 aromatic heterocycles. The fourth-order valence-electron chi connectivity index (χ4n) is 3.31. The lowest BCUT2D eigenvalue weighted by molar-refractivity contribution is 0.623. The molecule has 0 aliphatic carbocycles. The summed E-state index contributed by atoms with van der Waals surface area (Å²) in [4.78, 5) is 9.28. The number of nitrogens with one attached hydrogen (secondary N) is 1. The van der Waals surface area contributed by atoms with Gasteiger partial charge in [-0.3, -0.25) is 5.32 Å². The molecule has 1 N–H and O–H groups in total. The van der Waals surface area contributed by atoms with Gasteiger partial charge in [-0.05, 0) is 54.3 Å². The molecule has 5 aromatic rings. The lowest BCUT2D eigenvalue weighted by atomic mass is 10.1. The summed E-state index contributed by atoms with van der Waals surface area (Å²) in [6, 6.07) is 21.1. The Morgan fingerprint density at radius 2 is 1.74 bits per heavy atom. The number of anilines is 2. The lowest BCUT2D eigenvalue weighted by Gasteiger charge is -1.99. The minimum absolute atomic E-state index is 0.462. The molecule has 27 heavy (non-hydrogen) atoms. The van der Waals surface area contributed by atoms with Gasteiger partial charge in [0.1, 0.15) is 5.52 Å². The third-order valence-corrected chi connectivity index (χ3v) is 5.46. The molecule has 0 bridgehead atoms. The van der Waals surface area contributed by atoms with Crippen LogP contribution in [0.4, 0.5) is 11.1 Å². The molecule has 0 aliphatic heterocycles. The molecular weight excluding hydrogens is 354 g/mol. The topological polar surface area (TPSA) is 51.0 Å². The molecule has 4 nitrogen and oxygen atoms in total. The maximum absolute atomic E-state index is 5.86. The Balaban J connectivity index is 1.49. The summed E-state index contributed by atoms with van der Waals surface area (Å²) in [5.74, 6) is 0. The van der Waals surface area contributed by atoms with E-state index in [4.69, 9.17) is 9.40 Å². The number of benzene rings is 3. The average molecular weight is 371 g/mol. The van der Waals surface area contributed by atoms with Gasteiger partial charge < -0.3 is 4.42 Å². The van der Waals surface area contributed by atoms with E-state index in [2.05, 4.69) is 54.5 Å². The molecule has 0 amide bonds. The molecule has 0 aliphatic rings. The van der Waals surface area contributed by atoms with Crippen molar-refractivity contribution in [3.05, 3.63) is 71.8 Å². The van der Waals surface area contributed by atoms with Crippen LogP contribution in [0.5, 0.6) is 0 Å². The van der Waals surface area contributed by atoms with Crippen molar-refractivity contribution in [3.63, 3.8) is 0 Å². The molecule has 0 unspecified atom stereocenters. The van der Waals surface area contributed by atoms with Gasteiger partial charge in [-0.1, -0.05) is 53.8 Å². The number of aromatic nitrogens is 2. The van der Waals surface area contributed by atoms with Gasteiger partial charge in [0.05, 0.1) is 10.2 Å². The molecule has 0 saturated carbocycles. The standard InChI is InChI=1S/C22H17N3OS/c1-13-10-14(2)20-19(11-13)27-22(24-20)25-21-23-17-12-16(8-9-18(17)26-21)15-6-4-3-5-7-15/h3-12H,1-2H3,(H,23,24,25). The van der Waals surface area contributed by atoms with Gasteiger partial charge in [-0.15, -0.1) is 0 Å². The summed E-state index contributed by atoms with van der Waals surface area (Å²) < 4.78 is 7.02. The SMILES string of the molecule is Cc1cc(C)c2nc(Nc3nc4cc(-c5ccccc5)ccc4o3)sc2c1. The molecule has 5 rings (SSSR count). The third-order valence-electron chi connectivity index (χ3n) is 4.54. The first-order valence-electron chi connectivity index (χ1n) is 8.76. The Morgan fingerprint density at radius 3 is 2.59 bits per heavy atom. The van der Waals surface area contributed by atoms with E-state index in [1.54, 1.807) is 11.3 Å². The maximum atomic E-state index is 5.86. The zero-order chi connectivity index (χ0) is 18.4. The molecule has 5 heteroatoms. The molecule has 0 atom stereocenters. The smallest absolute Gasteiger partial charge is 0.302 e. The zero-order valence-electron chi connectivity index (χ0n) is 15.0. The van der Waals surface area contributed by atoms with E-state index in [1.165, 1.54) is 11.1 Å². The van der Waals surface area contributed by atoms with Crippen LogP contribution < -0.4 is 5.32 Å². The van der Waals surface area contributed by atoms with Gasteiger partial charge in [-0.2, -0.15) is 4.98 Å². The number of nitrogens with zero attached hydrogens (tertiary/aromatic N) is 2. The molecule has 0 radical (unpaired) electrons. The average Bonchev–Trinajstić information content (AvgIpc) is 3.25. The monoisotopic (exact) mass is 371 g/mol. The third kappa shape index (κ3) is 2.96. The first-order chi connectivity index (χ1) is 13.2. The number of thiazole rings is 1. The van der Waals surface area contributed by atoms with Crippen molar-refractivity contribution in [1.29, 1.82) is 0 Å². The van der Waals surface area contributed by atoms with E-state index in [1.807, 2.05) is 30.3 Å². The van der Waals surface area contributed by atoms with E-state index in [9.17, 15) is 0 Å². The van der Waals surface area contributed by atoms with Crippen molar-refractivity contribution < 1.29 is 4.42 Å². The van der Waals surface area contributed by atoms with Gasteiger partial charge in [0.25, 0.3) is 0 Å². The van der Waals surface area contributed by atoms with Crippen LogP contribution in [0.2, 0.25) is 0 Å². The predicted octanol–water partition coefficient (Wildman–Crippen LogP) is 6.46. The Morgan fingerprint density at radius 1 is 0.889 bits per heavy atom. The number of aryl methyl sites for hydroxylation is 2. The Labute approximate surface area is 160 Å². The summed E-state index contributed by atoms with van der Waals surface area (Å²) in [6.07, 6.45) is 0. The minimum Gasteiger partial charge on any atom is -0.423 e. The van der Waals surface area contributed by atoms with Gasteiger partial charge in [0, 0.05) is 0 Å². The largest absolute Gasteiger partial charge is 0.423 e. The van der Waals surface area contributed by atoms with E-state index in [-0.39, 0.29) is 0 Å². The van der Waals surface area contributed by atoms with Crippen LogP contribution in [0.3, 0.4) is 0 Å². The number of rotatable bonds is 3. The maximum Gasteiger partial charge on any atom is 0.302 e. The second-order valence-electron chi connectivity index (χ2n) is 6.64. The van der Waals surface area contributed by atoms with E-state index in [0.717, 1.165) is 37.6 Å². The molecule has 2 heterocycles. The van der Waals surface area contributed by atoms with Gasteiger partial charge in [0.15, 0.2) is 10.7 Å².